The molecule has 0 N–H and O–H groups in total. The lowest BCUT2D eigenvalue weighted by atomic mass is 9.83. The number of carbonyl (C=O) groups excluding carboxylic acids is 1. The molecule has 2 heteroatoms. The van der Waals surface area contributed by atoms with E-state index in [0.29, 0.717) is 6.42 Å². The van der Waals surface area contributed by atoms with Crippen molar-refractivity contribution in [2.75, 3.05) is 0 Å². The largest absolute Gasteiger partial charge is 0.339 e. The van der Waals surface area contributed by atoms with Gasteiger partial charge < -0.3 is 4.57 Å². The van der Waals surface area contributed by atoms with Crippen molar-refractivity contribution in [3.8, 4) is 0 Å². The van der Waals surface area contributed by atoms with Crippen molar-refractivity contribution in [2.45, 2.75) is 25.8 Å². The van der Waals surface area contributed by atoms with Gasteiger partial charge in [0.05, 0.1) is 0 Å². The van der Waals surface area contributed by atoms with Gasteiger partial charge >= 0.3 is 0 Å². The summed E-state index contributed by atoms with van der Waals surface area (Å²) in [6, 6.07) is 18.7. The Kier molecular flexibility index (Phi) is 3.53. The summed E-state index contributed by atoms with van der Waals surface area (Å²) in [4.78, 5) is 12.9. The van der Waals surface area contributed by atoms with Gasteiger partial charge in [-0.2, -0.15) is 0 Å². The molecule has 0 spiro atoms. The Morgan fingerprint density at radius 2 is 1.78 bits per heavy atom. The van der Waals surface area contributed by atoms with Gasteiger partial charge in [0.15, 0.2) is 5.78 Å². The minimum absolute atomic E-state index is 0.0819. The predicted molar refractivity (Wildman–Crippen MR) is 93.6 cm³/mol. The molecule has 0 bridgehead atoms. The second-order valence-corrected chi connectivity index (χ2v) is 6.30. The van der Waals surface area contributed by atoms with Gasteiger partial charge in [0.25, 0.3) is 0 Å². The lowest BCUT2D eigenvalue weighted by molar-refractivity contribution is 0.0903. The zero-order chi connectivity index (χ0) is 15.8. The highest BCUT2D eigenvalue weighted by Gasteiger charge is 2.31. The maximum absolute atomic E-state index is 12.9. The lowest BCUT2D eigenvalue weighted by Gasteiger charge is -2.21. The van der Waals surface area contributed by atoms with Gasteiger partial charge in [-0.05, 0) is 30.9 Å². The molecule has 115 valence electrons. The van der Waals surface area contributed by atoms with Crippen LogP contribution in [0.5, 0.6) is 0 Å². The zero-order valence-electron chi connectivity index (χ0n) is 13.2. The molecule has 3 aromatic rings. The van der Waals surface area contributed by atoms with Crippen molar-refractivity contribution in [2.24, 2.45) is 5.92 Å². The van der Waals surface area contributed by atoms with Gasteiger partial charge in [-0.1, -0.05) is 55.5 Å². The van der Waals surface area contributed by atoms with Crippen molar-refractivity contribution in [3.63, 3.8) is 0 Å². The predicted octanol–water partition coefficient (Wildman–Crippen LogP) is 4.66. The van der Waals surface area contributed by atoms with Gasteiger partial charge in [0.2, 0.25) is 0 Å². The minimum atomic E-state index is 0.0819. The second-order valence-electron chi connectivity index (χ2n) is 6.30. The summed E-state index contributed by atoms with van der Waals surface area (Å²) in [5.41, 5.74) is 4.57. The highest BCUT2D eigenvalue weighted by atomic mass is 16.1. The molecule has 0 saturated carbocycles. The lowest BCUT2D eigenvalue weighted by Crippen LogP contribution is -2.23. The molecule has 2 aromatic carbocycles. The maximum atomic E-state index is 12.9. The van der Waals surface area contributed by atoms with E-state index in [1.165, 1.54) is 16.8 Å². The third-order valence-corrected chi connectivity index (χ3v) is 4.96. The summed E-state index contributed by atoms with van der Waals surface area (Å²) in [6.45, 7) is 4.78. The van der Waals surface area contributed by atoms with Crippen molar-refractivity contribution in [1.82, 2.24) is 4.57 Å². The van der Waals surface area contributed by atoms with Crippen LogP contribution in [0.3, 0.4) is 0 Å². The first-order valence-corrected chi connectivity index (χ1v) is 8.27. The number of fused-ring (bicyclic) bond motifs is 3. The van der Waals surface area contributed by atoms with Gasteiger partial charge in [-0.15, -0.1) is 0 Å². The van der Waals surface area contributed by atoms with E-state index >= 15 is 0 Å². The van der Waals surface area contributed by atoms with Crippen LogP contribution in [0.4, 0.5) is 0 Å². The number of nitrogens with zero attached hydrogens (tertiary/aromatic N) is 1. The molecule has 0 fully saturated rings. The van der Waals surface area contributed by atoms with Crippen LogP contribution in [-0.2, 0) is 13.0 Å². The van der Waals surface area contributed by atoms with Crippen LogP contribution in [0, 0.1) is 12.8 Å². The Morgan fingerprint density at radius 3 is 2.57 bits per heavy atom. The van der Waals surface area contributed by atoms with Gasteiger partial charge in [-0.25, -0.2) is 0 Å². The fourth-order valence-corrected chi connectivity index (χ4v) is 3.76. The minimum Gasteiger partial charge on any atom is -0.339 e. The van der Waals surface area contributed by atoms with Crippen LogP contribution < -0.4 is 0 Å². The Labute approximate surface area is 136 Å². The van der Waals surface area contributed by atoms with E-state index in [9.17, 15) is 4.79 Å². The molecule has 1 atom stereocenters. The van der Waals surface area contributed by atoms with Gasteiger partial charge in [0, 0.05) is 34.6 Å². The Hall–Kier alpha value is -2.35. The number of ketones is 1. The maximum Gasteiger partial charge on any atom is 0.168 e. The van der Waals surface area contributed by atoms with E-state index in [0.717, 1.165) is 30.3 Å². The fourth-order valence-electron chi connectivity index (χ4n) is 3.76. The molecule has 1 heterocycles. The van der Waals surface area contributed by atoms with E-state index in [2.05, 4.69) is 54.0 Å². The molecule has 0 aliphatic heterocycles. The molecule has 1 aromatic heterocycles. The number of carbonyl (C=O) groups is 1. The number of aromatic nitrogens is 1. The first kappa shape index (κ1) is 14.3. The molecule has 2 nitrogen and oxygen atoms in total. The first-order chi connectivity index (χ1) is 11.3. The summed E-state index contributed by atoms with van der Waals surface area (Å²) in [7, 11) is 0. The van der Waals surface area contributed by atoms with Crippen LogP contribution >= 0.6 is 0 Å². The summed E-state index contributed by atoms with van der Waals surface area (Å²) in [6.07, 6.45) is 2.57. The molecule has 1 aliphatic carbocycles. The summed E-state index contributed by atoms with van der Waals surface area (Å²) in [5.74, 6) is 0.364. The zero-order valence-corrected chi connectivity index (χ0v) is 13.2. The van der Waals surface area contributed by atoms with Crippen molar-refractivity contribution in [3.05, 3.63) is 78.3 Å². The van der Waals surface area contributed by atoms with Gasteiger partial charge in [0.1, 0.15) is 0 Å². The third kappa shape index (κ3) is 2.29. The van der Waals surface area contributed by atoms with Crippen LogP contribution in [0.25, 0.3) is 10.9 Å². The number of benzene rings is 2. The topological polar surface area (TPSA) is 22.0 Å². The second kappa shape index (κ2) is 5.69. The molecular formula is C21H20NO. The SMILES string of the molecule is [CH2]CC1CCc2c(c3ccccc3n2Cc2ccccc2)C1=O. The summed E-state index contributed by atoms with van der Waals surface area (Å²) >= 11 is 0. The van der Waals surface area contributed by atoms with E-state index in [4.69, 9.17) is 0 Å². The number of hydrogen-bond acceptors (Lipinski definition) is 1. The van der Waals surface area contributed by atoms with Crippen LogP contribution in [0.2, 0.25) is 0 Å². The molecule has 0 saturated heterocycles. The number of rotatable bonds is 3. The molecule has 1 radical (unpaired) electrons. The average Bonchev–Trinajstić information content (AvgIpc) is 2.91. The van der Waals surface area contributed by atoms with Crippen molar-refractivity contribution >= 4 is 16.7 Å². The quantitative estimate of drug-likeness (QED) is 0.689. The Balaban J connectivity index is 1.90. The molecule has 0 amide bonds. The van der Waals surface area contributed by atoms with Crippen LogP contribution in [0.15, 0.2) is 54.6 Å². The normalized spacial score (nSPS) is 17.4. The standard InChI is InChI=1S/C21H20NO/c1-2-16-12-13-19-20(21(16)23)17-10-6-7-11-18(17)22(19)14-15-8-4-3-5-9-15/h3-11,16H,1-2,12-14H2. The summed E-state index contributed by atoms with van der Waals surface area (Å²) < 4.78 is 2.33. The molecule has 1 aliphatic rings. The summed E-state index contributed by atoms with van der Waals surface area (Å²) in [5, 5.41) is 1.10. The van der Waals surface area contributed by atoms with E-state index in [1.54, 1.807) is 0 Å². The third-order valence-electron chi connectivity index (χ3n) is 4.96. The smallest absolute Gasteiger partial charge is 0.168 e. The van der Waals surface area contributed by atoms with Crippen molar-refractivity contribution in [1.29, 1.82) is 0 Å². The Morgan fingerprint density at radius 1 is 1.04 bits per heavy atom. The number of para-hydroxylation sites is 1. The molecule has 4 rings (SSSR count). The first-order valence-electron chi connectivity index (χ1n) is 8.27. The average molecular weight is 302 g/mol. The van der Waals surface area contributed by atoms with Crippen LogP contribution in [0.1, 0.15) is 34.5 Å². The fraction of sp³-hybridized carbons (Fsp3) is 0.238. The number of Topliss-reactive ketones (excluding diaryl/α,β-unsaturated/α-hetero) is 1. The number of hydrogen-bond donors (Lipinski definition) is 0. The molecule has 23 heavy (non-hydrogen) atoms. The van der Waals surface area contributed by atoms with Crippen molar-refractivity contribution < 1.29 is 4.79 Å². The van der Waals surface area contributed by atoms with Crippen LogP contribution in [-0.4, -0.2) is 10.4 Å². The Bertz CT molecular complexity index is 860. The molecule has 1 unspecified atom stereocenters. The van der Waals surface area contributed by atoms with Gasteiger partial charge in [-0.3, -0.25) is 4.79 Å². The van der Waals surface area contributed by atoms with E-state index < -0.39 is 0 Å². The monoisotopic (exact) mass is 302 g/mol. The molecular weight excluding hydrogens is 282 g/mol. The highest BCUT2D eigenvalue weighted by molar-refractivity contribution is 6.11. The highest BCUT2D eigenvalue weighted by Crippen LogP contribution is 2.35. The van der Waals surface area contributed by atoms with E-state index in [-0.39, 0.29) is 11.7 Å². The van der Waals surface area contributed by atoms with E-state index in [1.807, 2.05) is 12.1 Å².